The SMILES string of the molecule is CC(C)C[C@@H](C=O)N[C@@H](C)P(=O)(OCc1ccccc1)OCc1ccccc1. The molecule has 28 heavy (non-hydrogen) atoms. The minimum atomic E-state index is -3.52. The van der Waals surface area contributed by atoms with E-state index in [1.165, 1.54) is 0 Å². The van der Waals surface area contributed by atoms with Gasteiger partial charge in [-0.25, -0.2) is 0 Å². The van der Waals surface area contributed by atoms with Gasteiger partial charge in [0.2, 0.25) is 0 Å². The molecule has 0 fully saturated rings. The summed E-state index contributed by atoms with van der Waals surface area (Å²) in [6.07, 6.45) is 1.51. The Labute approximate surface area is 168 Å². The standard InChI is InChI=1S/C22H30NO4P/c1-18(2)14-22(15-24)23-19(3)28(25,26-16-20-10-6-4-7-11-20)27-17-21-12-8-5-9-13-21/h4-13,15,18-19,22-23H,14,16-17H2,1-3H3/t19-,22+/m1/s1. The van der Waals surface area contributed by atoms with E-state index >= 15 is 0 Å². The Bertz CT molecular complexity index is 704. The molecule has 0 spiro atoms. The van der Waals surface area contributed by atoms with Crippen LogP contribution in [0, 0.1) is 5.92 Å². The van der Waals surface area contributed by atoms with Crippen molar-refractivity contribution in [2.75, 3.05) is 0 Å². The monoisotopic (exact) mass is 403 g/mol. The van der Waals surface area contributed by atoms with E-state index in [4.69, 9.17) is 9.05 Å². The summed E-state index contributed by atoms with van der Waals surface area (Å²) in [6.45, 7) is 6.18. The molecule has 1 N–H and O–H groups in total. The van der Waals surface area contributed by atoms with E-state index in [0.29, 0.717) is 12.3 Å². The van der Waals surface area contributed by atoms with Gasteiger partial charge in [-0.05, 0) is 30.4 Å². The van der Waals surface area contributed by atoms with Gasteiger partial charge in [0.15, 0.2) is 0 Å². The topological polar surface area (TPSA) is 64.6 Å². The number of rotatable bonds is 12. The second kappa shape index (κ2) is 11.3. The van der Waals surface area contributed by atoms with Crippen LogP contribution in [0.4, 0.5) is 0 Å². The maximum Gasteiger partial charge on any atom is 0.347 e. The zero-order chi connectivity index (χ0) is 20.4. The lowest BCUT2D eigenvalue weighted by atomic mass is 10.1. The van der Waals surface area contributed by atoms with E-state index in [0.717, 1.165) is 17.4 Å². The van der Waals surface area contributed by atoms with Crippen LogP contribution in [0.25, 0.3) is 0 Å². The molecule has 0 saturated carbocycles. The lowest BCUT2D eigenvalue weighted by Crippen LogP contribution is -2.39. The first-order valence-electron chi connectivity index (χ1n) is 9.61. The Balaban J connectivity index is 2.10. The van der Waals surface area contributed by atoms with E-state index in [-0.39, 0.29) is 13.2 Å². The molecule has 2 aromatic carbocycles. The van der Waals surface area contributed by atoms with Crippen LogP contribution in [0.3, 0.4) is 0 Å². The molecule has 5 nitrogen and oxygen atoms in total. The number of hydrogen-bond acceptors (Lipinski definition) is 5. The van der Waals surface area contributed by atoms with Gasteiger partial charge in [-0.2, -0.15) is 0 Å². The highest BCUT2D eigenvalue weighted by atomic mass is 31.2. The second-order valence-electron chi connectivity index (χ2n) is 7.27. The minimum Gasteiger partial charge on any atom is -0.303 e. The van der Waals surface area contributed by atoms with Crippen molar-refractivity contribution in [2.24, 2.45) is 5.92 Å². The van der Waals surface area contributed by atoms with Crippen molar-refractivity contribution in [3.05, 3.63) is 71.8 Å². The van der Waals surface area contributed by atoms with E-state index < -0.39 is 19.4 Å². The highest BCUT2D eigenvalue weighted by Gasteiger charge is 2.34. The molecule has 0 radical (unpaired) electrons. The number of nitrogens with one attached hydrogen (secondary N) is 1. The van der Waals surface area contributed by atoms with Gasteiger partial charge in [0.25, 0.3) is 0 Å². The molecule has 0 heterocycles. The van der Waals surface area contributed by atoms with Crippen LogP contribution in [0.1, 0.15) is 38.3 Å². The molecule has 0 aliphatic carbocycles. The van der Waals surface area contributed by atoms with E-state index in [1.807, 2.05) is 74.5 Å². The third-order valence-corrected chi connectivity index (χ3v) is 6.40. The molecular weight excluding hydrogens is 373 g/mol. The average Bonchev–Trinajstić information content (AvgIpc) is 2.71. The van der Waals surface area contributed by atoms with Crippen LogP contribution in [0.2, 0.25) is 0 Å². The zero-order valence-corrected chi connectivity index (χ0v) is 17.7. The smallest absolute Gasteiger partial charge is 0.303 e. The Hall–Kier alpha value is -1.78. The lowest BCUT2D eigenvalue weighted by Gasteiger charge is -2.28. The fraction of sp³-hybridized carbons (Fsp3) is 0.409. The maximum atomic E-state index is 13.6. The second-order valence-corrected chi connectivity index (χ2v) is 9.64. The van der Waals surface area contributed by atoms with Crippen molar-refractivity contribution in [3.63, 3.8) is 0 Å². The normalized spacial score (nSPS) is 14.0. The summed E-state index contributed by atoms with van der Waals surface area (Å²) in [6, 6.07) is 18.7. The summed E-state index contributed by atoms with van der Waals surface area (Å²) in [5.41, 5.74) is 1.82. The van der Waals surface area contributed by atoms with Gasteiger partial charge in [0.1, 0.15) is 12.1 Å². The molecule has 0 aliphatic heterocycles. The number of benzene rings is 2. The number of hydrogen-bond donors (Lipinski definition) is 1. The molecule has 2 atom stereocenters. The molecule has 2 aromatic rings. The Morgan fingerprint density at radius 1 is 0.893 bits per heavy atom. The predicted octanol–water partition coefficient (Wildman–Crippen LogP) is 5.16. The Morgan fingerprint density at radius 3 is 1.75 bits per heavy atom. The number of carbonyl (C=O) groups excluding carboxylic acids is 1. The van der Waals surface area contributed by atoms with Crippen molar-refractivity contribution < 1.29 is 18.4 Å². The molecule has 0 saturated heterocycles. The molecule has 0 amide bonds. The molecule has 2 rings (SSSR count). The van der Waals surface area contributed by atoms with Crippen LogP contribution in [0.5, 0.6) is 0 Å². The fourth-order valence-electron chi connectivity index (χ4n) is 2.81. The molecule has 0 aromatic heterocycles. The van der Waals surface area contributed by atoms with Crippen molar-refractivity contribution in [3.8, 4) is 0 Å². The summed E-state index contributed by atoms with van der Waals surface area (Å²) in [7, 11) is -3.52. The molecule has 0 bridgehead atoms. The van der Waals surface area contributed by atoms with Gasteiger partial charge in [-0.15, -0.1) is 0 Å². The fourth-order valence-corrected chi connectivity index (χ4v) is 4.36. The third-order valence-electron chi connectivity index (χ3n) is 4.33. The summed E-state index contributed by atoms with van der Waals surface area (Å²) in [5, 5.41) is 3.13. The molecule has 152 valence electrons. The lowest BCUT2D eigenvalue weighted by molar-refractivity contribution is -0.110. The minimum absolute atomic E-state index is 0.175. The van der Waals surface area contributed by atoms with E-state index in [1.54, 1.807) is 6.92 Å². The Kier molecular flexibility index (Phi) is 9.07. The molecular formula is C22H30NO4P. The van der Waals surface area contributed by atoms with Crippen LogP contribution in [-0.4, -0.2) is 18.1 Å². The molecule has 0 aliphatic rings. The van der Waals surface area contributed by atoms with Gasteiger partial charge in [-0.3, -0.25) is 9.88 Å². The van der Waals surface area contributed by atoms with Crippen molar-refractivity contribution >= 4 is 13.9 Å². The molecule has 6 heteroatoms. The Morgan fingerprint density at radius 2 is 1.36 bits per heavy atom. The van der Waals surface area contributed by atoms with Gasteiger partial charge in [0.05, 0.1) is 19.3 Å². The quantitative estimate of drug-likeness (QED) is 0.392. The summed E-state index contributed by atoms with van der Waals surface area (Å²) in [4.78, 5) is 11.4. The first kappa shape index (κ1) is 22.5. The average molecular weight is 403 g/mol. The third kappa shape index (κ3) is 7.33. The summed E-state index contributed by atoms with van der Waals surface area (Å²) >= 11 is 0. The van der Waals surface area contributed by atoms with Gasteiger partial charge >= 0.3 is 7.60 Å². The van der Waals surface area contributed by atoms with E-state index in [2.05, 4.69) is 5.32 Å². The van der Waals surface area contributed by atoms with Crippen LogP contribution in [-0.2, 0) is 31.6 Å². The number of aldehydes is 1. The molecule has 0 unspecified atom stereocenters. The van der Waals surface area contributed by atoms with Gasteiger partial charge in [0, 0.05) is 0 Å². The largest absolute Gasteiger partial charge is 0.347 e. The van der Waals surface area contributed by atoms with Gasteiger partial charge < -0.3 is 13.8 Å². The highest BCUT2D eigenvalue weighted by molar-refractivity contribution is 7.54. The van der Waals surface area contributed by atoms with Crippen molar-refractivity contribution in [1.82, 2.24) is 5.32 Å². The van der Waals surface area contributed by atoms with Crippen LogP contribution < -0.4 is 5.32 Å². The summed E-state index contributed by atoms with van der Waals surface area (Å²) in [5.74, 6) is -0.279. The maximum absolute atomic E-state index is 13.6. The van der Waals surface area contributed by atoms with Crippen molar-refractivity contribution in [1.29, 1.82) is 0 Å². The van der Waals surface area contributed by atoms with Crippen LogP contribution >= 0.6 is 7.60 Å². The van der Waals surface area contributed by atoms with Crippen molar-refractivity contribution in [2.45, 2.75) is 52.2 Å². The summed E-state index contributed by atoms with van der Waals surface area (Å²) < 4.78 is 25.2. The van der Waals surface area contributed by atoms with Gasteiger partial charge in [-0.1, -0.05) is 74.5 Å². The number of carbonyl (C=O) groups is 1. The predicted molar refractivity (Wildman–Crippen MR) is 112 cm³/mol. The van der Waals surface area contributed by atoms with E-state index in [9.17, 15) is 9.36 Å². The zero-order valence-electron chi connectivity index (χ0n) is 16.8. The highest BCUT2D eigenvalue weighted by Crippen LogP contribution is 2.53. The van der Waals surface area contributed by atoms with Crippen LogP contribution in [0.15, 0.2) is 60.7 Å². The first-order valence-corrected chi connectivity index (χ1v) is 11.2. The first-order chi connectivity index (χ1) is 13.4.